The number of amides is 1. The van der Waals surface area contributed by atoms with E-state index in [9.17, 15) is 4.79 Å². The Morgan fingerprint density at radius 3 is 2.38 bits per heavy atom. The largest absolute Gasteiger partial charge is 0.497 e. The van der Waals surface area contributed by atoms with Crippen molar-refractivity contribution in [1.82, 2.24) is 5.43 Å². The summed E-state index contributed by atoms with van der Waals surface area (Å²) in [5.74, 6) is 2.04. The smallest absolute Gasteiger partial charge is 0.277 e. The summed E-state index contributed by atoms with van der Waals surface area (Å²) in [6.07, 6.45) is 1.50. The third-order valence-corrected chi connectivity index (χ3v) is 3.88. The molecule has 0 aliphatic heterocycles. The quantitative estimate of drug-likeness (QED) is 0.522. The molecule has 0 heterocycles. The van der Waals surface area contributed by atoms with Crippen molar-refractivity contribution >= 4 is 28.1 Å². The fourth-order valence-corrected chi connectivity index (χ4v) is 2.67. The van der Waals surface area contributed by atoms with Crippen molar-refractivity contribution in [2.45, 2.75) is 0 Å². The molecular weight excluding hydrogens is 404 g/mol. The minimum atomic E-state index is -0.378. The van der Waals surface area contributed by atoms with Gasteiger partial charge >= 0.3 is 0 Å². The molecule has 0 radical (unpaired) electrons. The van der Waals surface area contributed by atoms with Gasteiger partial charge in [0.1, 0.15) is 11.5 Å². The molecule has 1 N–H and O–H groups in total. The van der Waals surface area contributed by atoms with Crippen LogP contribution in [0.4, 0.5) is 0 Å². The van der Waals surface area contributed by atoms with Gasteiger partial charge in [-0.25, -0.2) is 5.43 Å². The predicted molar refractivity (Wildman–Crippen MR) is 101 cm³/mol. The summed E-state index contributed by atoms with van der Waals surface area (Å²) in [4.78, 5) is 11.8. The normalized spacial score (nSPS) is 10.5. The molecule has 0 saturated heterocycles. The molecule has 8 heteroatoms. The Kier molecular flexibility index (Phi) is 7.28. The van der Waals surface area contributed by atoms with Crippen molar-refractivity contribution < 1.29 is 23.7 Å². The predicted octanol–water partition coefficient (Wildman–Crippen LogP) is 3.00. The van der Waals surface area contributed by atoms with Gasteiger partial charge in [-0.2, -0.15) is 5.10 Å². The maximum Gasteiger partial charge on any atom is 0.277 e. The van der Waals surface area contributed by atoms with E-state index in [1.54, 1.807) is 57.7 Å². The van der Waals surface area contributed by atoms with Gasteiger partial charge in [0.15, 0.2) is 18.1 Å². The van der Waals surface area contributed by atoms with E-state index in [0.717, 1.165) is 10.0 Å². The van der Waals surface area contributed by atoms with Gasteiger partial charge in [-0.05, 0) is 57.9 Å². The first-order chi connectivity index (χ1) is 12.6. The zero-order chi connectivity index (χ0) is 18.9. The standard InChI is InChI=1S/C18H19BrN2O5/c1-23-13-4-6-14(7-5-13)26-11-17(22)21-20-10-12-8-15(19)18(25-3)16(9-12)24-2/h4-10H,11H2,1-3H3,(H,21,22)/b20-10-. The van der Waals surface area contributed by atoms with Crippen LogP contribution in [0.2, 0.25) is 0 Å². The van der Waals surface area contributed by atoms with Gasteiger partial charge in [0, 0.05) is 0 Å². The minimum absolute atomic E-state index is 0.153. The van der Waals surface area contributed by atoms with Gasteiger partial charge in [0.05, 0.1) is 32.0 Å². The van der Waals surface area contributed by atoms with Crippen LogP contribution in [0.1, 0.15) is 5.56 Å². The number of hydrogen-bond donors (Lipinski definition) is 1. The van der Waals surface area contributed by atoms with E-state index in [1.165, 1.54) is 6.21 Å². The molecule has 0 aromatic heterocycles. The third kappa shape index (κ3) is 5.38. The maximum absolute atomic E-state index is 11.8. The molecule has 0 saturated carbocycles. The average Bonchev–Trinajstić information content (AvgIpc) is 2.66. The number of hydrazone groups is 1. The van der Waals surface area contributed by atoms with Crippen LogP contribution in [0.15, 0.2) is 46.0 Å². The molecule has 0 unspecified atom stereocenters. The first kappa shape index (κ1) is 19.6. The van der Waals surface area contributed by atoms with E-state index in [4.69, 9.17) is 18.9 Å². The molecule has 26 heavy (non-hydrogen) atoms. The summed E-state index contributed by atoms with van der Waals surface area (Å²) >= 11 is 3.40. The second kappa shape index (κ2) is 9.67. The zero-order valence-electron chi connectivity index (χ0n) is 14.6. The van der Waals surface area contributed by atoms with Crippen molar-refractivity contribution in [2.75, 3.05) is 27.9 Å². The van der Waals surface area contributed by atoms with Crippen molar-refractivity contribution in [1.29, 1.82) is 0 Å². The first-order valence-electron chi connectivity index (χ1n) is 7.57. The molecule has 0 spiro atoms. The number of nitrogens with one attached hydrogen (secondary N) is 1. The Labute approximate surface area is 160 Å². The van der Waals surface area contributed by atoms with E-state index < -0.39 is 0 Å². The number of carbonyl (C=O) groups is 1. The van der Waals surface area contributed by atoms with E-state index >= 15 is 0 Å². The highest BCUT2D eigenvalue weighted by atomic mass is 79.9. The fraction of sp³-hybridized carbons (Fsp3) is 0.222. The Hall–Kier alpha value is -2.74. The van der Waals surface area contributed by atoms with Crippen LogP contribution >= 0.6 is 15.9 Å². The zero-order valence-corrected chi connectivity index (χ0v) is 16.2. The molecule has 0 bridgehead atoms. The molecular formula is C18H19BrN2O5. The summed E-state index contributed by atoms with van der Waals surface area (Å²) < 4.78 is 21.6. The number of nitrogens with zero attached hydrogens (tertiary/aromatic N) is 1. The Morgan fingerprint density at radius 2 is 1.77 bits per heavy atom. The molecule has 2 rings (SSSR count). The molecule has 0 fully saturated rings. The van der Waals surface area contributed by atoms with E-state index in [0.29, 0.717) is 23.0 Å². The van der Waals surface area contributed by atoms with Crippen molar-refractivity contribution in [3.63, 3.8) is 0 Å². The van der Waals surface area contributed by atoms with Crippen LogP contribution < -0.4 is 24.4 Å². The van der Waals surface area contributed by atoms with Gasteiger partial charge in [0.25, 0.3) is 5.91 Å². The summed E-state index contributed by atoms with van der Waals surface area (Å²) in [6, 6.07) is 10.5. The van der Waals surface area contributed by atoms with Crippen LogP contribution in [-0.2, 0) is 4.79 Å². The summed E-state index contributed by atoms with van der Waals surface area (Å²) in [7, 11) is 4.68. The summed E-state index contributed by atoms with van der Waals surface area (Å²) in [6.45, 7) is -0.153. The molecule has 1 amide bonds. The number of halogens is 1. The van der Waals surface area contributed by atoms with E-state index in [1.807, 2.05) is 0 Å². The number of rotatable bonds is 8. The lowest BCUT2D eigenvalue weighted by atomic mass is 10.2. The maximum atomic E-state index is 11.8. The Balaban J connectivity index is 1.89. The van der Waals surface area contributed by atoms with E-state index in [-0.39, 0.29) is 12.5 Å². The van der Waals surface area contributed by atoms with Crippen molar-refractivity contribution in [2.24, 2.45) is 5.10 Å². The molecule has 0 atom stereocenters. The van der Waals surface area contributed by atoms with Crippen LogP contribution in [-0.4, -0.2) is 40.1 Å². The second-order valence-electron chi connectivity index (χ2n) is 5.00. The third-order valence-electron chi connectivity index (χ3n) is 3.29. The average molecular weight is 423 g/mol. The lowest BCUT2D eigenvalue weighted by Gasteiger charge is -2.10. The van der Waals surface area contributed by atoms with Crippen LogP contribution in [0.5, 0.6) is 23.0 Å². The highest BCUT2D eigenvalue weighted by Gasteiger charge is 2.09. The number of hydrogen-bond acceptors (Lipinski definition) is 6. The fourth-order valence-electron chi connectivity index (χ4n) is 2.04. The SMILES string of the molecule is COc1ccc(OCC(=O)N/N=C\c2cc(Br)c(OC)c(OC)c2)cc1. The van der Waals surface area contributed by atoms with Gasteiger partial charge in [-0.15, -0.1) is 0 Å². The molecule has 7 nitrogen and oxygen atoms in total. The number of ether oxygens (including phenoxy) is 4. The second-order valence-corrected chi connectivity index (χ2v) is 5.85. The molecule has 2 aromatic rings. The highest BCUT2D eigenvalue weighted by molar-refractivity contribution is 9.10. The van der Waals surface area contributed by atoms with Gasteiger partial charge in [-0.1, -0.05) is 0 Å². The van der Waals surface area contributed by atoms with E-state index in [2.05, 4.69) is 26.5 Å². The molecule has 0 aliphatic rings. The van der Waals surface area contributed by atoms with Crippen LogP contribution in [0.3, 0.4) is 0 Å². The van der Waals surface area contributed by atoms with Gasteiger partial charge in [-0.3, -0.25) is 4.79 Å². The Morgan fingerprint density at radius 1 is 1.08 bits per heavy atom. The first-order valence-corrected chi connectivity index (χ1v) is 8.37. The molecule has 2 aromatic carbocycles. The topological polar surface area (TPSA) is 78.4 Å². The van der Waals surface area contributed by atoms with Crippen molar-refractivity contribution in [3.05, 3.63) is 46.4 Å². The number of carbonyl (C=O) groups excluding carboxylic acids is 1. The lowest BCUT2D eigenvalue weighted by molar-refractivity contribution is -0.123. The number of benzene rings is 2. The van der Waals surface area contributed by atoms with Crippen LogP contribution in [0, 0.1) is 0 Å². The minimum Gasteiger partial charge on any atom is -0.497 e. The Bertz CT molecular complexity index is 778. The lowest BCUT2D eigenvalue weighted by Crippen LogP contribution is -2.24. The monoisotopic (exact) mass is 422 g/mol. The van der Waals surface area contributed by atoms with Crippen LogP contribution in [0.25, 0.3) is 0 Å². The number of methoxy groups -OCH3 is 3. The molecule has 0 aliphatic carbocycles. The van der Waals surface area contributed by atoms with Gasteiger partial charge in [0.2, 0.25) is 0 Å². The van der Waals surface area contributed by atoms with Gasteiger partial charge < -0.3 is 18.9 Å². The highest BCUT2D eigenvalue weighted by Crippen LogP contribution is 2.35. The van der Waals surface area contributed by atoms with Crippen molar-refractivity contribution in [3.8, 4) is 23.0 Å². The summed E-state index contributed by atoms with van der Waals surface area (Å²) in [5, 5.41) is 3.91. The molecule has 138 valence electrons. The summed E-state index contributed by atoms with van der Waals surface area (Å²) in [5.41, 5.74) is 3.13.